The van der Waals surface area contributed by atoms with E-state index >= 15 is 0 Å². The SMILES string of the molecule is CCOc1cc(CN(C)C(=O)C(C)CN)ccc1OC(F)F.Cl. The van der Waals surface area contributed by atoms with Crippen molar-refractivity contribution in [3.8, 4) is 11.5 Å². The topological polar surface area (TPSA) is 64.8 Å². The summed E-state index contributed by atoms with van der Waals surface area (Å²) >= 11 is 0. The van der Waals surface area contributed by atoms with Gasteiger partial charge in [0.15, 0.2) is 11.5 Å². The van der Waals surface area contributed by atoms with E-state index in [4.69, 9.17) is 10.5 Å². The molecule has 0 aliphatic rings. The lowest BCUT2D eigenvalue weighted by Gasteiger charge is -2.21. The van der Waals surface area contributed by atoms with Crippen molar-refractivity contribution < 1.29 is 23.0 Å². The number of halogens is 3. The largest absolute Gasteiger partial charge is 0.490 e. The first-order chi connectivity index (χ1) is 10.4. The first-order valence-corrected chi connectivity index (χ1v) is 7.04. The van der Waals surface area contributed by atoms with Crippen LogP contribution in [0.3, 0.4) is 0 Å². The summed E-state index contributed by atoms with van der Waals surface area (Å²) in [7, 11) is 1.67. The second-order valence-electron chi connectivity index (χ2n) is 4.92. The zero-order valence-electron chi connectivity index (χ0n) is 13.4. The molecular weight excluding hydrogens is 330 g/mol. The second kappa shape index (κ2) is 10.2. The van der Waals surface area contributed by atoms with E-state index in [1.165, 1.54) is 11.0 Å². The maximum Gasteiger partial charge on any atom is 0.387 e. The van der Waals surface area contributed by atoms with Crippen LogP contribution in [0.1, 0.15) is 19.4 Å². The van der Waals surface area contributed by atoms with Crippen molar-refractivity contribution in [2.75, 3.05) is 20.2 Å². The van der Waals surface area contributed by atoms with E-state index in [1.807, 2.05) is 0 Å². The minimum atomic E-state index is -2.92. The summed E-state index contributed by atoms with van der Waals surface area (Å²) in [6.45, 7) is 1.51. The normalized spacial score (nSPS) is 11.6. The average molecular weight is 353 g/mol. The van der Waals surface area contributed by atoms with Crippen LogP contribution in [0.5, 0.6) is 11.5 Å². The Kier molecular flexibility index (Phi) is 9.52. The van der Waals surface area contributed by atoms with Crippen molar-refractivity contribution in [3.05, 3.63) is 23.8 Å². The molecule has 0 aliphatic carbocycles. The van der Waals surface area contributed by atoms with E-state index in [1.54, 1.807) is 33.0 Å². The predicted molar refractivity (Wildman–Crippen MR) is 86.2 cm³/mol. The molecule has 0 aromatic heterocycles. The van der Waals surface area contributed by atoms with Crippen LogP contribution in [-0.2, 0) is 11.3 Å². The molecule has 5 nitrogen and oxygen atoms in total. The molecule has 0 heterocycles. The van der Waals surface area contributed by atoms with Gasteiger partial charge in [0, 0.05) is 26.1 Å². The van der Waals surface area contributed by atoms with Gasteiger partial charge in [0.05, 0.1) is 6.61 Å². The zero-order chi connectivity index (χ0) is 16.7. The maximum absolute atomic E-state index is 12.3. The van der Waals surface area contributed by atoms with Gasteiger partial charge in [0.1, 0.15) is 0 Å². The maximum atomic E-state index is 12.3. The fraction of sp³-hybridized carbons (Fsp3) is 0.533. The second-order valence-corrected chi connectivity index (χ2v) is 4.92. The van der Waals surface area contributed by atoms with Crippen molar-refractivity contribution in [2.45, 2.75) is 27.0 Å². The Hall–Kier alpha value is -1.60. The van der Waals surface area contributed by atoms with Crippen molar-refractivity contribution >= 4 is 18.3 Å². The number of benzene rings is 1. The third-order valence-corrected chi connectivity index (χ3v) is 3.10. The average Bonchev–Trinajstić information content (AvgIpc) is 2.48. The molecule has 0 bridgehead atoms. The molecule has 1 amide bonds. The lowest BCUT2D eigenvalue weighted by Crippen LogP contribution is -2.34. The van der Waals surface area contributed by atoms with Crippen LogP contribution in [0.4, 0.5) is 8.78 Å². The highest BCUT2D eigenvalue weighted by molar-refractivity contribution is 5.85. The highest BCUT2D eigenvalue weighted by atomic mass is 35.5. The number of hydrogen-bond acceptors (Lipinski definition) is 4. The molecule has 132 valence electrons. The molecule has 1 aromatic carbocycles. The Morgan fingerprint density at radius 1 is 1.35 bits per heavy atom. The first-order valence-electron chi connectivity index (χ1n) is 7.04. The molecule has 1 unspecified atom stereocenters. The van der Waals surface area contributed by atoms with Crippen LogP contribution < -0.4 is 15.2 Å². The summed E-state index contributed by atoms with van der Waals surface area (Å²) in [5.41, 5.74) is 6.23. The molecule has 0 radical (unpaired) electrons. The fourth-order valence-corrected chi connectivity index (χ4v) is 1.94. The summed E-state index contributed by atoms with van der Waals surface area (Å²) in [5.74, 6) is -0.135. The Bertz CT molecular complexity index is 504. The monoisotopic (exact) mass is 352 g/mol. The van der Waals surface area contributed by atoms with E-state index in [-0.39, 0.29) is 42.3 Å². The smallest absolute Gasteiger partial charge is 0.387 e. The standard InChI is InChI=1S/C15H22F2N2O3.ClH/c1-4-21-13-7-11(5-6-12(13)22-15(16)17)9-19(3)14(20)10(2)8-18;/h5-7,10,15H,4,8-9,18H2,1-3H3;1H. The minimum Gasteiger partial charge on any atom is -0.490 e. The van der Waals surface area contributed by atoms with Gasteiger partial charge in [0.25, 0.3) is 0 Å². The lowest BCUT2D eigenvalue weighted by molar-refractivity contribution is -0.133. The Balaban J connectivity index is 0.00000484. The summed E-state index contributed by atoms with van der Waals surface area (Å²) in [6.07, 6.45) is 0. The molecule has 0 saturated carbocycles. The van der Waals surface area contributed by atoms with E-state index in [0.717, 1.165) is 5.56 Å². The zero-order valence-corrected chi connectivity index (χ0v) is 14.2. The summed E-state index contributed by atoms with van der Waals surface area (Å²) in [5, 5.41) is 0. The molecule has 0 aliphatic heterocycles. The molecule has 8 heteroatoms. The van der Waals surface area contributed by atoms with E-state index in [9.17, 15) is 13.6 Å². The van der Waals surface area contributed by atoms with Gasteiger partial charge in [-0.3, -0.25) is 4.79 Å². The number of carbonyl (C=O) groups is 1. The molecule has 1 aromatic rings. The number of rotatable bonds is 8. The molecule has 0 saturated heterocycles. The first kappa shape index (κ1) is 21.4. The number of nitrogens with two attached hydrogens (primary N) is 1. The number of amides is 1. The number of nitrogens with zero attached hydrogens (tertiary/aromatic N) is 1. The number of hydrogen-bond donors (Lipinski definition) is 1. The van der Waals surface area contributed by atoms with Crippen molar-refractivity contribution in [1.29, 1.82) is 0 Å². The third kappa shape index (κ3) is 6.58. The molecule has 1 rings (SSSR count). The Labute approximate surface area is 141 Å². The molecule has 23 heavy (non-hydrogen) atoms. The molecule has 0 fully saturated rings. The third-order valence-electron chi connectivity index (χ3n) is 3.10. The van der Waals surface area contributed by atoms with Crippen LogP contribution >= 0.6 is 12.4 Å². The number of ether oxygens (including phenoxy) is 2. The van der Waals surface area contributed by atoms with Gasteiger partial charge in [-0.2, -0.15) is 8.78 Å². The van der Waals surface area contributed by atoms with Crippen LogP contribution in [0.2, 0.25) is 0 Å². The molecule has 0 spiro atoms. The van der Waals surface area contributed by atoms with Gasteiger partial charge in [-0.15, -0.1) is 12.4 Å². The van der Waals surface area contributed by atoms with Gasteiger partial charge in [-0.1, -0.05) is 13.0 Å². The van der Waals surface area contributed by atoms with Gasteiger partial charge in [-0.05, 0) is 24.6 Å². The van der Waals surface area contributed by atoms with E-state index in [2.05, 4.69) is 4.74 Å². The van der Waals surface area contributed by atoms with Crippen LogP contribution in [0.15, 0.2) is 18.2 Å². The highest BCUT2D eigenvalue weighted by Crippen LogP contribution is 2.30. The van der Waals surface area contributed by atoms with Crippen molar-refractivity contribution in [3.63, 3.8) is 0 Å². The minimum absolute atomic E-state index is 0. The summed E-state index contributed by atoms with van der Waals surface area (Å²) < 4.78 is 34.4. The van der Waals surface area contributed by atoms with Crippen LogP contribution in [0.25, 0.3) is 0 Å². The van der Waals surface area contributed by atoms with Gasteiger partial charge < -0.3 is 20.1 Å². The highest BCUT2D eigenvalue weighted by Gasteiger charge is 2.17. The summed E-state index contributed by atoms with van der Waals surface area (Å²) in [6, 6.07) is 4.63. The van der Waals surface area contributed by atoms with Crippen LogP contribution in [0, 0.1) is 5.92 Å². The van der Waals surface area contributed by atoms with Gasteiger partial charge in [-0.25, -0.2) is 0 Å². The molecule has 1 atom stereocenters. The quantitative estimate of drug-likeness (QED) is 0.781. The molecular formula is C15H23ClF2N2O3. The number of carbonyl (C=O) groups excluding carboxylic acids is 1. The van der Waals surface area contributed by atoms with Gasteiger partial charge >= 0.3 is 6.61 Å². The van der Waals surface area contributed by atoms with E-state index in [0.29, 0.717) is 13.2 Å². The van der Waals surface area contributed by atoms with Gasteiger partial charge in [0.2, 0.25) is 5.91 Å². The number of alkyl halides is 2. The van der Waals surface area contributed by atoms with E-state index < -0.39 is 6.61 Å². The van der Waals surface area contributed by atoms with Crippen molar-refractivity contribution in [2.24, 2.45) is 11.7 Å². The Morgan fingerprint density at radius 2 is 2.00 bits per heavy atom. The fourth-order valence-electron chi connectivity index (χ4n) is 1.94. The lowest BCUT2D eigenvalue weighted by atomic mass is 10.1. The Morgan fingerprint density at radius 3 is 2.52 bits per heavy atom. The predicted octanol–water partition coefficient (Wildman–Crippen LogP) is 2.66. The van der Waals surface area contributed by atoms with Crippen LogP contribution in [-0.4, -0.2) is 37.6 Å². The molecule has 2 N–H and O–H groups in total. The summed E-state index contributed by atoms with van der Waals surface area (Å²) in [4.78, 5) is 13.5. The van der Waals surface area contributed by atoms with Crippen molar-refractivity contribution in [1.82, 2.24) is 4.90 Å².